The maximum atomic E-state index is 5.43. The van der Waals surface area contributed by atoms with Gasteiger partial charge in [0.25, 0.3) is 0 Å². The van der Waals surface area contributed by atoms with E-state index in [0.717, 1.165) is 24.3 Å². The average molecular weight is 297 g/mol. The second kappa shape index (κ2) is 6.84. The Morgan fingerprint density at radius 3 is 2.59 bits per heavy atom. The van der Waals surface area contributed by atoms with Gasteiger partial charge >= 0.3 is 0 Å². The van der Waals surface area contributed by atoms with Gasteiger partial charge in [0.1, 0.15) is 0 Å². The van der Waals surface area contributed by atoms with Crippen LogP contribution in [0.1, 0.15) is 37.4 Å². The maximum absolute atomic E-state index is 5.43. The van der Waals surface area contributed by atoms with E-state index >= 15 is 0 Å². The Morgan fingerprint density at radius 2 is 1.77 bits per heavy atom. The molecule has 1 aliphatic rings. The molecule has 0 aliphatic carbocycles. The maximum Gasteiger partial charge on any atom is 0.231 e. The molecular weight excluding hydrogens is 274 g/mol. The Balaban J connectivity index is 1.51. The second-order valence-corrected chi connectivity index (χ2v) is 5.93. The highest BCUT2D eigenvalue weighted by Crippen LogP contribution is 2.32. The topological polar surface area (TPSA) is 30.5 Å². The average Bonchev–Trinajstić information content (AvgIpc) is 3.01. The first-order valence-electron chi connectivity index (χ1n) is 7.92. The molecule has 22 heavy (non-hydrogen) atoms. The highest BCUT2D eigenvalue weighted by atomic mass is 16.7. The lowest BCUT2D eigenvalue weighted by atomic mass is 10.0. The summed E-state index contributed by atoms with van der Waals surface area (Å²) in [7, 11) is 0. The molecule has 0 bridgehead atoms. The number of nitrogens with one attached hydrogen (secondary N) is 1. The first-order chi connectivity index (χ1) is 10.7. The number of hydrogen-bond acceptors (Lipinski definition) is 3. The Hall–Kier alpha value is -2.00. The largest absolute Gasteiger partial charge is 0.454 e. The van der Waals surface area contributed by atoms with Gasteiger partial charge in [-0.3, -0.25) is 0 Å². The SMILES string of the molecule is CC(CCc1ccc2c(c1)OCO2)NC(C)c1ccccc1. The molecule has 0 saturated carbocycles. The van der Waals surface area contributed by atoms with Crippen LogP contribution in [0.3, 0.4) is 0 Å². The minimum atomic E-state index is 0.339. The van der Waals surface area contributed by atoms with Crippen LogP contribution in [0.5, 0.6) is 11.5 Å². The number of fused-ring (bicyclic) bond motifs is 1. The standard InChI is InChI=1S/C19H23NO2/c1-14(20-15(2)17-6-4-3-5-7-17)8-9-16-10-11-18-19(12-16)22-13-21-18/h3-7,10-12,14-15,20H,8-9,13H2,1-2H3. The number of benzene rings is 2. The molecule has 3 heteroatoms. The minimum absolute atomic E-state index is 0.339. The number of rotatable bonds is 6. The number of hydrogen-bond donors (Lipinski definition) is 1. The van der Waals surface area contributed by atoms with Gasteiger partial charge in [0.05, 0.1) is 0 Å². The molecule has 2 aromatic rings. The first kappa shape index (κ1) is 14.9. The van der Waals surface area contributed by atoms with Gasteiger partial charge in [-0.25, -0.2) is 0 Å². The molecule has 2 atom stereocenters. The monoisotopic (exact) mass is 297 g/mol. The van der Waals surface area contributed by atoms with Crippen molar-refractivity contribution in [3.8, 4) is 11.5 Å². The molecule has 0 fully saturated rings. The molecule has 0 saturated heterocycles. The van der Waals surface area contributed by atoms with Crippen molar-refractivity contribution in [2.75, 3.05) is 6.79 Å². The summed E-state index contributed by atoms with van der Waals surface area (Å²) >= 11 is 0. The fraction of sp³-hybridized carbons (Fsp3) is 0.368. The summed E-state index contributed by atoms with van der Waals surface area (Å²) in [5.41, 5.74) is 2.63. The molecule has 2 aromatic carbocycles. The summed E-state index contributed by atoms with van der Waals surface area (Å²) in [4.78, 5) is 0. The molecule has 116 valence electrons. The molecule has 0 spiro atoms. The lowest BCUT2D eigenvalue weighted by Gasteiger charge is -2.20. The van der Waals surface area contributed by atoms with E-state index in [1.165, 1.54) is 11.1 Å². The van der Waals surface area contributed by atoms with E-state index in [4.69, 9.17) is 9.47 Å². The summed E-state index contributed by atoms with van der Waals surface area (Å²) in [6.45, 7) is 4.80. The fourth-order valence-electron chi connectivity index (χ4n) is 2.83. The van der Waals surface area contributed by atoms with Crippen LogP contribution in [-0.2, 0) is 6.42 Å². The Labute approximate surface area is 132 Å². The van der Waals surface area contributed by atoms with Crippen LogP contribution >= 0.6 is 0 Å². The van der Waals surface area contributed by atoms with Crippen LogP contribution in [0.2, 0.25) is 0 Å². The van der Waals surface area contributed by atoms with Gasteiger partial charge < -0.3 is 14.8 Å². The van der Waals surface area contributed by atoms with Crippen molar-refractivity contribution < 1.29 is 9.47 Å². The van der Waals surface area contributed by atoms with Gasteiger partial charge in [-0.15, -0.1) is 0 Å². The van der Waals surface area contributed by atoms with Crippen molar-refractivity contribution in [1.29, 1.82) is 0 Å². The van der Waals surface area contributed by atoms with E-state index in [9.17, 15) is 0 Å². The zero-order valence-electron chi connectivity index (χ0n) is 13.2. The van der Waals surface area contributed by atoms with E-state index < -0.39 is 0 Å². The quantitative estimate of drug-likeness (QED) is 0.871. The van der Waals surface area contributed by atoms with Gasteiger partial charge in [-0.05, 0) is 49.9 Å². The highest BCUT2D eigenvalue weighted by Gasteiger charge is 2.14. The molecule has 3 nitrogen and oxygen atoms in total. The van der Waals surface area contributed by atoms with Crippen LogP contribution in [0.25, 0.3) is 0 Å². The number of aryl methyl sites for hydroxylation is 1. The van der Waals surface area contributed by atoms with Crippen molar-refractivity contribution in [2.45, 2.75) is 38.8 Å². The summed E-state index contributed by atoms with van der Waals surface area (Å²) in [6.07, 6.45) is 2.13. The number of ether oxygens (including phenoxy) is 2. The van der Waals surface area contributed by atoms with Crippen molar-refractivity contribution in [2.24, 2.45) is 0 Å². The van der Waals surface area contributed by atoms with Crippen molar-refractivity contribution in [3.05, 3.63) is 59.7 Å². The molecule has 1 N–H and O–H groups in total. The molecule has 1 aliphatic heterocycles. The summed E-state index contributed by atoms with van der Waals surface area (Å²) in [6, 6.07) is 17.6. The third-order valence-corrected chi connectivity index (χ3v) is 4.14. The molecule has 1 heterocycles. The van der Waals surface area contributed by atoms with Gasteiger partial charge in [0.15, 0.2) is 11.5 Å². The molecule has 2 unspecified atom stereocenters. The smallest absolute Gasteiger partial charge is 0.231 e. The van der Waals surface area contributed by atoms with E-state index in [1.54, 1.807) is 0 Å². The third kappa shape index (κ3) is 3.60. The van der Waals surface area contributed by atoms with E-state index in [1.807, 2.05) is 6.07 Å². The predicted octanol–water partition coefficient (Wildman–Crippen LogP) is 4.09. The van der Waals surface area contributed by atoms with Crippen LogP contribution in [-0.4, -0.2) is 12.8 Å². The van der Waals surface area contributed by atoms with Crippen LogP contribution in [0.15, 0.2) is 48.5 Å². The second-order valence-electron chi connectivity index (χ2n) is 5.93. The highest BCUT2D eigenvalue weighted by molar-refractivity contribution is 5.44. The van der Waals surface area contributed by atoms with Crippen LogP contribution in [0.4, 0.5) is 0 Å². The van der Waals surface area contributed by atoms with Gasteiger partial charge in [-0.1, -0.05) is 36.4 Å². The zero-order valence-corrected chi connectivity index (χ0v) is 13.2. The summed E-state index contributed by atoms with van der Waals surface area (Å²) < 4.78 is 10.8. The Kier molecular flexibility index (Phi) is 4.64. The van der Waals surface area contributed by atoms with Gasteiger partial charge in [-0.2, -0.15) is 0 Å². The Morgan fingerprint density at radius 1 is 1.00 bits per heavy atom. The molecule has 0 aromatic heterocycles. The minimum Gasteiger partial charge on any atom is -0.454 e. The van der Waals surface area contributed by atoms with Crippen molar-refractivity contribution in [3.63, 3.8) is 0 Å². The van der Waals surface area contributed by atoms with E-state index in [2.05, 4.69) is 61.6 Å². The van der Waals surface area contributed by atoms with E-state index in [-0.39, 0.29) is 0 Å². The summed E-state index contributed by atoms with van der Waals surface area (Å²) in [5.74, 6) is 1.73. The Bertz CT molecular complexity index is 612. The lowest BCUT2D eigenvalue weighted by molar-refractivity contribution is 0.174. The molecular formula is C19H23NO2. The normalized spacial score (nSPS) is 15.5. The van der Waals surface area contributed by atoms with Gasteiger partial charge in [0.2, 0.25) is 6.79 Å². The van der Waals surface area contributed by atoms with Crippen molar-refractivity contribution in [1.82, 2.24) is 5.32 Å². The first-order valence-corrected chi connectivity index (χ1v) is 7.92. The van der Waals surface area contributed by atoms with Crippen LogP contribution < -0.4 is 14.8 Å². The summed E-state index contributed by atoms with van der Waals surface area (Å²) in [5, 5.41) is 3.66. The third-order valence-electron chi connectivity index (χ3n) is 4.14. The lowest BCUT2D eigenvalue weighted by Crippen LogP contribution is -2.29. The molecule has 0 radical (unpaired) electrons. The van der Waals surface area contributed by atoms with Crippen LogP contribution in [0, 0.1) is 0 Å². The van der Waals surface area contributed by atoms with Gasteiger partial charge in [0, 0.05) is 12.1 Å². The molecule has 0 amide bonds. The predicted molar refractivity (Wildman–Crippen MR) is 88.3 cm³/mol. The van der Waals surface area contributed by atoms with E-state index in [0.29, 0.717) is 18.9 Å². The zero-order chi connectivity index (χ0) is 15.4. The van der Waals surface area contributed by atoms with Crippen molar-refractivity contribution >= 4 is 0 Å². The fourth-order valence-corrected chi connectivity index (χ4v) is 2.83. The molecule has 3 rings (SSSR count).